The van der Waals surface area contributed by atoms with Crippen molar-refractivity contribution in [2.24, 2.45) is 50.7 Å². The van der Waals surface area contributed by atoms with E-state index in [1.54, 1.807) is 0 Å². The van der Waals surface area contributed by atoms with E-state index < -0.39 is 16.2 Å². The number of nitrogens with zero attached hydrogens (tertiary/aromatic N) is 1. The zero-order valence-electron chi connectivity index (χ0n) is 26.3. The van der Waals surface area contributed by atoms with Gasteiger partial charge in [0.2, 0.25) is 5.91 Å². The summed E-state index contributed by atoms with van der Waals surface area (Å²) in [6.07, 6.45) is 10.9. The van der Waals surface area contributed by atoms with Crippen LogP contribution in [0.25, 0.3) is 0 Å². The molecular weight excluding hydrogens is 496 g/mol. The predicted molar refractivity (Wildman–Crippen MR) is 157 cm³/mol. The van der Waals surface area contributed by atoms with Crippen molar-refractivity contribution in [3.05, 3.63) is 23.3 Å². The number of allylic oxidation sites excluding steroid dienone is 4. The van der Waals surface area contributed by atoms with E-state index in [1.807, 2.05) is 26.0 Å². The summed E-state index contributed by atoms with van der Waals surface area (Å²) in [6.45, 7) is 19.4. The lowest BCUT2D eigenvalue weighted by Gasteiger charge is -2.65. The molecule has 7 unspecified atom stereocenters. The highest BCUT2D eigenvalue weighted by atomic mass is 16.2. The van der Waals surface area contributed by atoms with Crippen LogP contribution in [-0.4, -0.2) is 23.0 Å². The quantitative estimate of drug-likeness (QED) is 0.408. The number of ketones is 2. The highest BCUT2D eigenvalue weighted by molar-refractivity contribution is 6.04. The molecule has 0 bridgehead atoms. The van der Waals surface area contributed by atoms with E-state index in [-0.39, 0.29) is 63.1 Å². The van der Waals surface area contributed by atoms with Crippen molar-refractivity contribution in [1.29, 1.82) is 5.26 Å². The van der Waals surface area contributed by atoms with Crippen molar-refractivity contribution in [2.75, 3.05) is 0 Å². The molecule has 0 aromatic rings. The molecule has 40 heavy (non-hydrogen) atoms. The van der Waals surface area contributed by atoms with Crippen LogP contribution in [0.2, 0.25) is 0 Å². The Hall–Kier alpha value is -2.22. The Labute approximate surface area is 241 Å². The number of nitrogens with one attached hydrogen (secondary N) is 1. The van der Waals surface area contributed by atoms with Crippen LogP contribution in [0.4, 0.5) is 0 Å². The van der Waals surface area contributed by atoms with E-state index in [4.69, 9.17) is 0 Å². The topological polar surface area (TPSA) is 87.0 Å². The third-order valence-electron chi connectivity index (χ3n) is 12.9. The smallest absolute Gasteiger partial charge is 0.226 e. The van der Waals surface area contributed by atoms with E-state index in [0.717, 1.165) is 56.9 Å². The van der Waals surface area contributed by atoms with E-state index in [1.165, 1.54) is 0 Å². The first-order chi connectivity index (χ1) is 18.4. The lowest BCUT2D eigenvalue weighted by Crippen LogP contribution is -2.64. The molecule has 5 heteroatoms. The van der Waals surface area contributed by atoms with Crippen LogP contribution in [0.5, 0.6) is 0 Å². The fourth-order valence-electron chi connectivity index (χ4n) is 10.2. The summed E-state index contributed by atoms with van der Waals surface area (Å²) in [5, 5.41) is 13.3. The molecule has 0 spiro atoms. The second kappa shape index (κ2) is 8.89. The zero-order valence-corrected chi connectivity index (χ0v) is 26.3. The maximum Gasteiger partial charge on any atom is 0.226 e. The van der Waals surface area contributed by atoms with Crippen LogP contribution in [0.1, 0.15) is 114 Å². The first-order valence-corrected chi connectivity index (χ1v) is 15.7. The fourth-order valence-corrected chi connectivity index (χ4v) is 10.2. The van der Waals surface area contributed by atoms with Gasteiger partial charge in [-0.1, -0.05) is 60.1 Å². The average molecular weight is 547 g/mol. The highest BCUT2D eigenvalue weighted by Crippen LogP contribution is 2.70. The van der Waals surface area contributed by atoms with Gasteiger partial charge >= 0.3 is 0 Å². The van der Waals surface area contributed by atoms with E-state index in [9.17, 15) is 19.6 Å². The van der Waals surface area contributed by atoms with Gasteiger partial charge in [0.1, 0.15) is 6.07 Å². The van der Waals surface area contributed by atoms with Crippen molar-refractivity contribution < 1.29 is 14.4 Å². The summed E-state index contributed by atoms with van der Waals surface area (Å²) in [6, 6.07) is 2.19. The van der Waals surface area contributed by atoms with Gasteiger partial charge < -0.3 is 5.32 Å². The normalized spacial score (nSPS) is 41.7. The Morgan fingerprint density at radius 2 is 1.70 bits per heavy atom. The third-order valence-corrected chi connectivity index (χ3v) is 12.9. The number of Topliss-reactive ketones (excluding diaryl/α,β-unsaturated/α-hetero) is 1. The molecule has 0 heterocycles. The van der Waals surface area contributed by atoms with Crippen LogP contribution >= 0.6 is 0 Å². The summed E-state index contributed by atoms with van der Waals surface area (Å²) in [5.41, 5.74) is -0.721. The van der Waals surface area contributed by atoms with Crippen LogP contribution in [0.3, 0.4) is 0 Å². The Balaban J connectivity index is 1.62. The van der Waals surface area contributed by atoms with Crippen LogP contribution in [0, 0.1) is 62.1 Å². The molecular formula is C35H50N2O3. The SMILES string of the molecule is CCC(C)(C)NC(=O)C12CCC3C(C(=O)C=C4C5(C)C=C(C#N)C(=O)C(C)(C)C5CCC43C)C1CC(C)(C)CC2. The highest BCUT2D eigenvalue weighted by Gasteiger charge is 2.67. The standard InChI is InChI=1S/C35H50N2O3/c1-10-31(4,5)37-29(40)35-14-11-22-27(23(35)19-30(2,3)15-16-35)24(38)17-26-33(22,8)13-12-25-32(6,7)28(39)21(20-36)18-34(25,26)9/h17-18,22-23,25,27H,10-16,19H2,1-9H3,(H,37,40). The summed E-state index contributed by atoms with van der Waals surface area (Å²) in [5.74, 6) is 0.295. The molecule has 0 aliphatic heterocycles. The fraction of sp³-hybridized carbons (Fsp3) is 0.771. The van der Waals surface area contributed by atoms with Gasteiger partial charge in [-0.05, 0) is 99.9 Å². The van der Waals surface area contributed by atoms with E-state index >= 15 is 0 Å². The van der Waals surface area contributed by atoms with Gasteiger partial charge in [-0.15, -0.1) is 0 Å². The number of carbonyl (C=O) groups excluding carboxylic acids is 3. The Morgan fingerprint density at radius 3 is 2.33 bits per heavy atom. The first kappa shape index (κ1) is 29.3. The van der Waals surface area contributed by atoms with Gasteiger partial charge in [0, 0.05) is 22.3 Å². The molecule has 5 aliphatic rings. The van der Waals surface area contributed by atoms with Crippen LogP contribution < -0.4 is 5.32 Å². The molecule has 0 radical (unpaired) electrons. The third kappa shape index (κ3) is 3.94. The maximum absolute atomic E-state index is 14.4. The van der Waals surface area contributed by atoms with Crippen molar-refractivity contribution in [1.82, 2.24) is 5.32 Å². The first-order valence-electron chi connectivity index (χ1n) is 15.7. The van der Waals surface area contributed by atoms with Crippen molar-refractivity contribution in [2.45, 2.75) is 119 Å². The number of hydrogen-bond acceptors (Lipinski definition) is 4. The number of fused-ring (bicyclic) bond motifs is 7. The van der Waals surface area contributed by atoms with Gasteiger partial charge in [0.25, 0.3) is 0 Å². The van der Waals surface area contributed by atoms with Crippen LogP contribution in [0.15, 0.2) is 23.3 Å². The van der Waals surface area contributed by atoms with Gasteiger partial charge in [0.15, 0.2) is 11.6 Å². The molecule has 5 rings (SSSR count). The van der Waals surface area contributed by atoms with Crippen molar-refractivity contribution in [3.8, 4) is 6.07 Å². The molecule has 0 aromatic heterocycles. The summed E-state index contributed by atoms with van der Waals surface area (Å²) < 4.78 is 0. The minimum atomic E-state index is -0.657. The molecule has 0 aromatic carbocycles. The summed E-state index contributed by atoms with van der Waals surface area (Å²) in [7, 11) is 0. The molecule has 3 saturated carbocycles. The lowest BCUT2D eigenvalue weighted by atomic mass is 9.38. The Bertz CT molecular complexity index is 1260. The van der Waals surface area contributed by atoms with Crippen molar-refractivity contribution >= 4 is 17.5 Å². The Morgan fingerprint density at radius 1 is 1.02 bits per heavy atom. The number of nitriles is 1. The largest absolute Gasteiger partial charge is 0.351 e. The second-order valence-electron chi connectivity index (χ2n) is 16.5. The monoisotopic (exact) mass is 546 g/mol. The van der Waals surface area contributed by atoms with Gasteiger partial charge in [-0.2, -0.15) is 5.26 Å². The van der Waals surface area contributed by atoms with Gasteiger partial charge in [-0.25, -0.2) is 0 Å². The van der Waals surface area contributed by atoms with Crippen molar-refractivity contribution in [3.63, 3.8) is 0 Å². The second-order valence-corrected chi connectivity index (χ2v) is 16.5. The number of carbonyl (C=O) groups is 3. The molecule has 218 valence electrons. The van der Waals surface area contributed by atoms with E-state index in [0.29, 0.717) is 0 Å². The minimum absolute atomic E-state index is 0.0184. The number of rotatable bonds is 3. The van der Waals surface area contributed by atoms with Crippen LogP contribution in [-0.2, 0) is 14.4 Å². The predicted octanol–water partition coefficient (Wildman–Crippen LogP) is 7.12. The molecule has 7 atom stereocenters. The number of hydrogen-bond donors (Lipinski definition) is 1. The summed E-state index contributed by atoms with van der Waals surface area (Å²) in [4.78, 5) is 41.8. The minimum Gasteiger partial charge on any atom is -0.351 e. The Kier molecular flexibility index (Phi) is 6.51. The molecule has 3 fully saturated rings. The zero-order chi connectivity index (χ0) is 29.7. The van der Waals surface area contributed by atoms with Gasteiger partial charge in [0.05, 0.1) is 11.0 Å². The van der Waals surface area contributed by atoms with Gasteiger partial charge in [-0.3, -0.25) is 14.4 Å². The van der Waals surface area contributed by atoms with E-state index in [2.05, 4.69) is 59.9 Å². The summed E-state index contributed by atoms with van der Waals surface area (Å²) >= 11 is 0. The molecule has 1 N–H and O–H groups in total. The average Bonchev–Trinajstić information content (AvgIpc) is 2.86. The molecule has 0 saturated heterocycles. The molecule has 5 aliphatic carbocycles. The maximum atomic E-state index is 14.4. The molecule has 5 nitrogen and oxygen atoms in total. The lowest BCUT2D eigenvalue weighted by molar-refractivity contribution is -0.162. The molecule has 1 amide bonds. The number of amides is 1.